The highest BCUT2D eigenvalue weighted by Crippen LogP contribution is 2.29. The summed E-state index contributed by atoms with van der Waals surface area (Å²) in [7, 11) is 0. The van der Waals surface area contributed by atoms with Crippen molar-refractivity contribution in [3.05, 3.63) is 20.8 Å². The van der Waals surface area contributed by atoms with Gasteiger partial charge in [0.1, 0.15) is 6.10 Å². The van der Waals surface area contributed by atoms with E-state index in [2.05, 4.69) is 9.97 Å². The van der Waals surface area contributed by atoms with Crippen LogP contribution in [0, 0.1) is 0 Å². The molecule has 23 heavy (non-hydrogen) atoms. The molecule has 0 saturated carbocycles. The molecule has 126 valence electrons. The number of hydrogen-bond donors (Lipinski definition) is 4. The molecule has 1 fully saturated rings. The van der Waals surface area contributed by atoms with Gasteiger partial charge in [0, 0.05) is 13.0 Å². The van der Waals surface area contributed by atoms with Gasteiger partial charge in [-0.3, -0.25) is 14.3 Å². The summed E-state index contributed by atoms with van der Waals surface area (Å²) in [5.74, 6) is -0.129. The molecular formula is C13H19N5O5. The molecule has 3 rings (SSSR count). The highest BCUT2D eigenvalue weighted by atomic mass is 16.5. The first kappa shape index (κ1) is 15.7. The smallest absolute Gasteiger partial charge is 0.332 e. The van der Waals surface area contributed by atoms with Crippen molar-refractivity contribution < 1.29 is 14.9 Å². The van der Waals surface area contributed by atoms with Crippen LogP contribution in [0.4, 0.5) is 5.95 Å². The summed E-state index contributed by atoms with van der Waals surface area (Å²) in [6, 6.07) is 0. The molecular weight excluding hydrogens is 306 g/mol. The molecule has 0 aromatic carbocycles. The Kier molecular flexibility index (Phi) is 3.96. The predicted octanol–water partition coefficient (Wildman–Crippen LogP) is -1.48. The second kappa shape index (κ2) is 5.80. The fourth-order valence-corrected chi connectivity index (χ4v) is 2.94. The Hall–Kier alpha value is -2.17. The van der Waals surface area contributed by atoms with Crippen LogP contribution in [-0.4, -0.2) is 48.1 Å². The summed E-state index contributed by atoms with van der Waals surface area (Å²) >= 11 is 0. The zero-order valence-corrected chi connectivity index (χ0v) is 12.6. The molecule has 5 N–H and O–H groups in total. The van der Waals surface area contributed by atoms with Gasteiger partial charge in [-0.15, -0.1) is 0 Å². The number of aromatic nitrogens is 4. The van der Waals surface area contributed by atoms with Crippen LogP contribution in [0.25, 0.3) is 11.2 Å². The van der Waals surface area contributed by atoms with E-state index in [-0.39, 0.29) is 30.1 Å². The van der Waals surface area contributed by atoms with Crippen molar-refractivity contribution in [2.45, 2.75) is 44.7 Å². The summed E-state index contributed by atoms with van der Waals surface area (Å²) in [6.07, 6.45) is -1.77. The lowest BCUT2D eigenvalue weighted by molar-refractivity contribution is -0.0505. The normalized spacial score (nSPS) is 24.6. The average Bonchev–Trinajstić information content (AvgIpc) is 2.98. The van der Waals surface area contributed by atoms with Crippen molar-refractivity contribution in [1.29, 1.82) is 0 Å². The third-order valence-electron chi connectivity index (χ3n) is 3.90. The molecule has 0 radical (unpaired) electrons. The number of anilines is 1. The molecule has 0 bridgehead atoms. The number of ether oxygens (including phenoxy) is 1. The number of nitrogens with two attached hydrogens (primary N) is 1. The Morgan fingerprint density at radius 1 is 1.48 bits per heavy atom. The number of fused-ring (bicyclic) bond motifs is 1. The molecule has 3 unspecified atom stereocenters. The Labute approximate surface area is 130 Å². The van der Waals surface area contributed by atoms with Gasteiger partial charge in [0.2, 0.25) is 5.95 Å². The monoisotopic (exact) mass is 325 g/mol. The molecule has 1 aliphatic rings. The van der Waals surface area contributed by atoms with E-state index < -0.39 is 29.7 Å². The minimum absolute atomic E-state index is 0.0624. The van der Waals surface area contributed by atoms with Crippen molar-refractivity contribution in [3.63, 3.8) is 0 Å². The van der Waals surface area contributed by atoms with Gasteiger partial charge in [-0.2, -0.15) is 4.98 Å². The van der Waals surface area contributed by atoms with Gasteiger partial charge in [-0.1, -0.05) is 6.92 Å². The molecule has 10 heteroatoms. The standard InChI is InChI=1S/C13H19N5O5/c1-2-3-17-8-9(15-12(14)16-10(8)21)18(13(17)22)11-7(20)4-6(5-19)23-11/h6-7,11,19-20H,2-5H2,1H3,(H3,14,15,16,21). The number of aliphatic hydroxyl groups is 2. The second-order valence-corrected chi connectivity index (χ2v) is 5.56. The Morgan fingerprint density at radius 3 is 2.83 bits per heavy atom. The maximum absolute atomic E-state index is 12.7. The first-order valence-corrected chi connectivity index (χ1v) is 7.42. The predicted molar refractivity (Wildman–Crippen MR) is 80.9 cm³/mol. The van der Waals surface area contributed by atoms with Gasteiger partial charge in [0.15, 0.2) is 17.4 Å². The van der Waals surface area contributed by atoms with E-state index in [1.165, 1.54) is 4.57 Å². The maximum atomic E-state index is 12.7. The lowest BCUT2D eigenvalue weighted by Gasteiger charge is -2.15. The van der Waals surface area contributed by atoms with Gasteiger partial charge in [0.25, 0.3) is 5.56 Å². The first-order valence-electron chi connectivity index (χ1n) is 7.42. The molecule has 2 aromatic rings. The number of rotatable bonds is 4. The van der Waals surface area contributed by atoms with Crippen molar-refractivity contribution in [3.8, 4) is 0 Å². The fourth-order valence-electron chi connectivity index (χ4n) is 2.94. The van der Waals surface area contributed by atoms with Gasteiger partial charge in [-0.25, -0.2) is 9.36 Å². The average molecular weight is 325 g/mol. The molecule has 0 amide bonds. The highest BCUT2D eigenvalue weighted by molar-refractivity contribution is 5.71. The minimum Gasteiger partial charge on any atom is -0.394 e. The maximum Gasteiger partial charge on any atom is 0.332 e. The quantitative estimate of drug-likeness (QED) is 0.535. The second-order valence-electron chi connectivity index (χ2n) is 5.56. The number of nitrogens with one attached hydrogen (secondary N) is 1. The summed E-state index contributed by atoms with van der Waals surface area (Å²) in [5.41, 5.74) is 4.70. The van der Waals surface area contributed by atoms with E-state index >= 15 is 0 Å². The molecule has 1 aliphatic heterocycles. The van der Waals surface area contributed by atoms with E-state index in [0.717, 1.165) is 4.57 Å². The summed E-state index contributed by atoms with van der Waals surface area (Å²) in [6.45, 7) is 1.92. The SMILES string of the molecule is CCCn1c(=O)n(C2OC(CO)CC2O)c2nc(N)[nH]c(=O)c21. The highest BCUT2D eigenvalue weighted by Gasteiger charge is 2.38. The number of aliphatic hydroxyl groups excluding tert-OH is 2. The van der Waals surface area contributed by atoms with E-state index in [1.807, 2.05) is 6.92 Å². The van der Waals surface area contributed by atoms with Crippen molar-refractivity contribution >= 4 is 17.1 Å². The summed E-state index contributed by atoms with van der Waals surface area (Å²) < 4.78 is 7.96. The molecule has 2 aromatic heterocycles. The van der Waals surface area contributed by atoms with Crippen LogP contribution in [0.15, 0.2) is 9.59 Å². The van der Waals surface area contributed by atoms with E-state index in [9.17, 15) is 19.8 Å². The number of imidazole rings is 1. The van der Waals surface area contributed by atoms with Gasteiger partial charge >= 0.3 is 5.69 Å². The van der Waals surface area contributed by atoms with Crippen LogP contribution in [0.5, 0.6) is 0 Å². The van der Waals surface area contributed by atoms with Crippen LogP contribution in [0.1, 0.15) is 26.0 Å². The number of aryl methyl sites for hydroxylation is 1. The number of nitrogens with zero attached hydrogens (tertiary/aromatic N) is 3. The molecule has 0 aliphatic carbocycles. The van der Waals surface area contributed by atoms with E-state index in [4.69, 9.17) is 10.5 Å². The van der Waals surface area contributed by atoms with Crippen LogP contribution in [-0.2, 0) is 11.3 Å². The minimum atomic E-state index is -1.02. The lowest BCUT2D eigenvalue weighted by Crippen LogP contribution is -2.32. The molecule has 3 heterocycles. The van der Waals surface area contributed by atoms with Crippen molar-refractivity contribution in [1.82, 2.24) is 19.1 Å². The van der Waals surface area contributed by atoms with E-state index in [0.29, 0.717) is 13.0 Å². The van der Waals surface area contributed by atoms with Gasteiger partial charge in [0.05, 0.1) is 12.7 Å². The number of nitrogen functional groups attached to an aromatic ring is 1. The lowest BCUT2D eigenvalue weighted by atomic mass is 10.2. The summed E-state index contributed by atoms with van der Waals surface area (Å²) in [5, 5.41) is 19.3. The van der Waals surface area contributed by atoms with Crippen molar-refractivity contribution in [2.24, 2.45) is 0 Å². The van der Waals surface area contributed by atoms with Crippen LogP contribution in [0.2, 0.25) is 0 Å². The zero-order chi connectivity index (χ0) is 16.7. The Balaban J connectivity index is 2.27. The van der Waals surface area contributed by atoms with Crippen LogP contribution >= 0.6 is 0 Å². The Morgan fingerprint density at radius 2 is 2.22 bits per heavy atom. The van der Waals surface area contributed by atoms with Crippen LogP contribution < -0.4 is 17.0 Å². The van der Waals surface area contributed by atoms with Crippen molar-refractivity contribution in [2.75, 3.05) is 12.3 Å². The molecule has 1 saturated heterocycles. The topological polar surface area (TPSA) is 148 Å². The van der Waals surface area contributed by atoms with Gasteiger partial charge < -0.3 is 20.7 Å². The molecule has 3 atom stereocenters. The largest absolute Gasteiger partial charge is 0.394 e. The number of hydrogen-bond acceptors (Lipinski definition) is 7. The summed E-state index contributed by atoms with van der Waals surface area (Å²) in [4.78, 5) is 31.3. The molecule has 0 spiro atoms. The number of H-pyrrole nitrogens is 1. The molecule has 10 nitrogen and oxygen atoms in total. The fraction of sp³-hybridized carbons (Fsp3) is 0.615. The number of aromatic amines is 1. The van der Waals surface area contributed by atoms with E-state index in [1.54, 1.807) is 0 Å². The van der Waals surface area contributed by atoms with Crippen LogP contribution in [0.3, 0.4) is 0 Å². The van der Waals surface area contributed by atoms with Gasteiger partial charge in [-0.05, 0) is 6.42 Å². The third kappa shape index (κ3) is 2.44. The first-order chi connectivity index (χ1) is 11.0. The zero-order valence-electron chi connectivity index (χ0n) is 12.6. The Bertz CT molecular complexity index is 838. The third-order valence-corrected chi connectivity index (χ3v) is 3.90.